The summed E-state index contributed by atoms with van der Waals surface area (Å²) in [4.78, 5) is 29.0. The highest BCUT2D eigenvalue weighted by Gasteiger charge is 2.27. The van der Waals surface area contributed by atoms with Crippen LogP contribution in [0.3, 0.4) is 0 Å². The van der Waals surface area contributed by atoms with Crippen molar-refractivity contribution < 1.29 is 22.8 Å². The number of rotatable bonds is 6. The standard InChI is InChI=1S/C21H19F2N3O3/c1-12(2)19(26-20(27)18-15(22)7-4-8-16(18)23)21(28)25-14-6-3-5-13(9-14)17-10-24-11-29-17/h3-12,19H,1-2H3,(H,25,28)(H,26,27). The molecule has 0 radical (unpaired) electrons. The predicted molar refractivity (Wildman–Crippen MR) is 103 cm³/mol. The van der Waals surface area contributed by atoms with Crippen molar-refractivity contribution >= 4 is 17.5 Å². The molecule has 3 aromatic rings. The minimum atomic E-state index is -1.00. The van der Waals surface area contributed by atoms with Gasteiger partial charge in [-0.05, 0) is 30.2 Å². The van der Waals surface area contributed by atoms with Crippen molar-refractivity contribution in [3.8, 4) is 11.3 Å². The summed E-state index contributed by atoms with van der Waals surface area (Å²) < 4.78 is 33.0. The Bertz CT molecular complexity index is 1000. The third kappa shape index (κ3) is 4.66. The molecule has 6 nitrogen and oxygen atoms in total. The van der Waals surface area contributed by atoms with Crippen LogP contribution in [0.15, 0.2) is 59.5 Å². The predicted octanol–water partition coefficient (Wildman–Crippen LogP) is 4.01. The molecule has 3 rings (SSSR count). The molecule has 0 aliphatic heterocycles. The van der Waals surface area contributed by atoms with E-state index in [1.54, 1.807) is 44.3 Å². The summed E-state index contributed by atoms with van der Waals surface area (Å²) in [6, 6.07) is 9.01. The van der Waals surface area contributed by atoms with E-state index in [2.05, 4.69) is 15.6 Å². The summed E-state index contributed by atoms with van der Waals surface area (Å²) in [5.74, 6) is -3.30. The van der Waals surface area contributed by atoms with Crippen molar-refractivity contribution in [2.45, 2.75) is 19.9 Å². The monoisotopic (exact) mass is 399 g/mol. The molecule has 2 N–H and O–H groups in total. The van der Waals surface area contributed by atoms with E-state index in [-0.39, 0.29) is 5.92 Å². The number of carbonyl (C=O) groups is 2. The first-order chi connectivity index (χ1) is 13.9. The van der Waals surface area contributed by atoms with Gasteiger partial charge in [-0.25, -0.2) is 13.8 Å². The molecule has 1 unspecified atom stereocenters. The van der Waals surface area contributed by atoms with Gasteiger partial charge in [-0.1, -0.05) is 32.0 Å². The summed E-state index contributed by atoms with van der Waals surface area (Å²) in [7, 11) is 0. The number of halogens is 2. The minimum absolute atomic E-state index is 0.328. The molecule has 1 heterocycles. The molecule has 0 spiro atoms. The number of nitrogens with zero attached hydrogens (tertiary/aromatic N) is 1. The fourth-order valence-corrected chi connectivity index (χ4v) is 2.79. The number of nitrogens with one attached hydrogen (secondary N) is 2. The fraction of sp³-hybridized carbons (Fsp3) is 0.190. The highest BCUT2D eigenvalue weighted by molar-refractivity contribution is 6.01. The number of hydrogen-bond acceptors (Lipinski definition) is 4. The summed E-state index contributed by atoms with van der Waals surface area (Å²) >= 11 is 0. The quantitative estimate of drug-likeness (QED) is 0.656. The number of anilines is 1. The summed E-state index contributed by atoms with van der Waals surface area (Å²) in [6.45, 7) is 3.43. The average Bonchev–Trinajstić information content (AvgIpc) is 3.20. The molecule has 150 valence electrons. The van der Waals surface area contributed by atoms with Crippen molar-refractivity contribution in [3.05, 3.63) is 72.3 Å². The lowest BCUT2D eigenvalue weighted by atomic mass is 10.0. The number of carbonyl (C=O) groups excluding carboxylic acids is 2. The van der Waals surface area contributed by atoms with Gasteiger partial charge in [-0.15, -0.1) is 0 Å². The van der Waals surface area contributed by atoms with E-state index in [0.717, 1.165) is 18.2 Å². The summed E-state index contributed by atoms with van der Waals surface area (Å²) in [5, 5.41) is 5.13. The van der Waals surface area contributed by atoms with Gasteiger partial charge in [0.25, 0.3) is 5.91 Å². The van der Waals surface area contributed by atoms with Crippen LogP contribution >= 0.6 is 0 Å². The molecule has 29 heavy (non-hydrogen) atoms. The smallest absolute Gasteiger partial charge is 0.257 e. The molecule has 0 saturated carbocycles. The van der Waals surface area contributed by atoms with Crippen LogP contribution in [-0.2, 0) is 4.79 Å². The molecular weight excluding hydrogens is 380 g/mol. The zero-order valence-electron chi connectivity index (χ0n) is 15.8. The molecule has 2 amide bonds. The van der Waals surface area contributed by atoms with Crippen LogP contribution in [-0.4, -0.2) is 22.8 Å². The molecule has 1 aromatic heterocycles. The Labute approximate surface area is 166 Å². The average molecular weight is 399 g/mol. The fourth-order valence-electron chi connectivity index (χ4n) is 2.79. The zero-order valence-corrected chi connectivity index (χ0v) is 15.8. The van der Waals surface area contributed by atoms with E-state index in [1.165, 1.54) is 6.39 Å². The first kappa shape index (κ1) is 20.2. The highest BCUT2D eigenvalue weighted by atomic mass is 19.1. The molecule has 0 aliphatic carbocycles. The topological polar surface area (TPSA) is 84.2 Å². The first-order valence-corrected chi connectivity index (χ1v) is 8.91. The maximum absolute atomic E-state index is 13.9. The van der Waals surface area contributed by atoms with Gasteiger partial charge in [0.1, 0.15) is 23.2 Å². The Morgan fingerprint density at radius 1 is 1.07 bits per heavy atom. The van der Waals surface area contributed by atoms with Crippen LogP contribution in [0.25, 0.3) is 11.3 Å². The van der Waals surface area contributed by atoms with Gasteiger partial charge in [-0.3, -0.25) is 9.59 Å². The molecule has 0 saturated heterocycles. The van der Waals surface area contributed by atoms with Crippen molar-refractivity contribution in [1.29, 1.82) is 0 Å². The molecule has 2 aromatic carbocycles. The second kappa shape index (κ2) is 8.64. The number of aromatic nitrogens is 1. The van der Waals surface area contributed by atoms with Crippen molar-refractivity contribution in [3.63, 3.8) is 0 Å². The third-order valence-corrected chi connectivity index (χ3v) is 4.27. The maximum Gasteiger partial charge on any atom is 0.257 e. The molecule has 0 fully saturated rings. The Kier molecular flexibility index (Phi) is 6.01. The Balaban J connectivity index is 1.77. The Morgan fingerprint density at radius 2 is 1.76 bits per heavy atom. The van der Waals surface area contributed by atoms with Gasteiger partial charge in [0.05, 0.1) is 6.20 Å². The minimum Gasteiger partial charge on any atom is -0.444 e. The number of oxazole rings is 1. The molecular formula is C21H19F2N3O3. The van der Waals surface area contributed by atoms with Crippen LogP contribution in [0.4, 0.5) is 14.5 Å². The number of amides is 2. The summed E-state index contributed by atoms with van der Waals surface area (Å²) in [6.07, 6.45) is 2.84. The molecule has 0 aliphatic rings. The lowest BCUT2D eigenvalue weighted by Crippen LogP contribution is -2.47. The summed E-state index contributed by atoms with van der Waals surface area (Å²) in [5.41, 5.74) is 0.456. The van der Waals surface area contributed by atoms with E-state index in [9.17, 15) is 18.4 Å². The van der Waals surface area contributed by atoms with Crippen LogP contribution in [0.2, 0.25) is 0 Å². The van der Waals surface area contributed by atoms with E-state index >= 15 is 0 Å². The van der Waals surface area contributed by atoms with Gasteiger partial charge < -0.3 is 15.1 Å². The van der Waals surface area contributed by atoms with Gasteiger partial charge in [0.2, 0.25) is 5.91 Å². The van der Waals surface area contributed by atoms with Crippen molar-refractivity contribution in [2.75, 3.05) is 5.32 Å². The second-order valence-corrected chi connectivity index (χ2v) is 6.73. The van der Waals surface area contributed by atoms with E-state index < -0.39 is 35.1 Å². The van der Waals surface area contributed by atoms with Crippen molar-refractivity contribution in [2.24, 2.45) is 5.92 Å². The molecule has 1 atom stereocenters. The number of benzene rings is 2. The van der Waals surface area contributed by atoms with Crippen LogP contribution in [0.5, 0.6) is 0 Å². The van der Waals surface area contributed by atoms with E-state index in [1.807, 2.05) is 0 Å². The second-order valence-electron chi connectivity index (χ2n) is 6.73. The Hall–Kier alpha value is -3.55. The number of hydrogen-bond donors (Lipinski definition) is 2. The van der Waals surface area contributed by atoms with Gasteiger partial charge in [0.15, 0.2) is 12.2 Å². The van der Waals surface area contributed by atoms with Gasteiger partial charge >= 0.3 is 0 Å². The lowest BCUT2D eigenvalue weighted by Gasteiger charge is -2.22. The van der Waals surface area contributed by atoms with Crippen LogP contribution in [0, 0.1) is 17.6 Å². The molecule has 0 bridgehead atoms. The SMILES string of the molecule is CC(C)C(NC(=O)c1c(F)cccc1F)C(=O)Nc1cccc(-c2cnco2)c1. The van der Waals surface area contributed by atoms with E-state index in [0.29, 0.717) is 17.0 Å². The first-order valence-electron chi connectivity index (χ1n) is 8.91. The maximum atomic E-state index is 13.9. The lowest BCUT2D eigenvalue weighted by molar-refractivity contribution is -0.118. The van der Waals surface area contributed by atoms with Crippen molar-refractivity contribution in [1.82, 2.24) is 10.3 Å². The zero-order chi connectivity index (χ0) is 21.0. The van der Waals surface area contributed by atoms with Crippen LogP contribution in [0.1, 0.15) is 24.2 Å². The highest BCUT2D eigenvalue weighted by Crippen LogP contribution is 2.22. The largest absolute Gasteiger partial charge is 0.444 e. The molecule has 8 heteroatoms. The Morgan fingerprint density at radius 3 is 2.38 bits per heavy atom. The van der Waals surface area contributed by atoms with Crippen LogP contribution < -0.4 is 10.6 Å². The van der Waals surface area contributed by atoms with Gasteiger partial charge in [0, 0.05) is 11.3 Å². The van der Waals surface area contributed by atoms with E-state index in [4.69, 9.17) is 4.42 Å². The normalized spacial score (nSPS) is 11.9. The third-order valence-electron chi connectivity index (χ3n) is 4.27. The van der Waals surface area contributed by atoms with Gasteiger partial charge in [-0.2, -0.15) is 0 Å².